The van der Waals surface area contributed by atoms with Crippen LogP contribution in [0.5, 0.6) is 5.75 Å². The molecule has 0 bridgehead atoms. The van der Waals surface area contributed by atoms with Gasteiger partial charge in [0.1, 0.15) is 17.3 Å². The lowest BCUT2D eigenvalue weighted by Gasteiger charge is -2.26. The topological polar surface area (TPSA) is 64.4 Å². The SMILES string of the molecule is Cc1ccc(OCCn2nc(C)c(S(=O)(=O)N3CCCCC3)c2C)cc1. The van der Waals surface area contributed by atoms with Gasteiger partial charge in [-0.05, 0) is 45.7 Å². The smallest absolute Gasteiger partial charge is 0.246 e. The number of aryl methyl sites for hydroxylation is 2. The molecule has 7 heteroatoms. The van der Waals surface area contributed by atoms with E-state index in [4.69, 9.17) is 4.74 Å². The molecule has 0 radical (unpaired) electrons. The van der Waals surface area contributed by atoms with Gasteiger partial charge in [0.25, 0.3) is 0 Å². The summed E-state index contributed by atoms with van der Waals surface area (Å²) >= 11 is 0. The Hall–Kier alpha value is -1.86. The maximum Gasteiger partial charge on any atom is 0.246 e. The highest BCUT2D eigenvalue weighted by Gasteiger charge is 2.31. The second-order valence-corrected chi connectivity index (χ2v) is 8.72. The zero-order valence-electron chi connectivity index (χ0n) is 15.7. The number of piperidine rings is 1. The van der Waals surface area contributed by atoms with Gasteiger partial charge in [-0.2, -0.15) is 9.40 Å². The Morgan fingerprint density at radius 3 is 2.35 bits per heavy atom. The first-order valence-corrected chi connectivity index (χ1v) is 10.6. The number of ether oxygens (including phenoxy) is 1. The van der Waals surface area contributed by atoms with E-state index in [0.29, 0.717) is 42.5 Å². The van der Waals surface area contributed by atoms with E-state index in [1.54, 1.807) is 15.9 Å². The van der Waals surface area contributed by atoms with Gasteiger partial charge >= 0.3 is 0 Å². The van der Waals surface area contributed by atoms with Gasteiger partial charge in [0.2, 0.25) is 10.0 Å². The van der Waals surface area contributed by atoms with Crippen molar-refractivity contribution in [2.45, 2.75) is 51.5 Å². The van der Waals surface area contributed by atoms with Crippen LogP contribution in [0.2, 0.25) is 0 Å². The van der Waals surface area contributed by atoms with Crippen molar-refractivity contribution in [2.24, 2.45) is 0 Å². The second-order valence-electron chi connectivity index (χ2n) is 6.85. The van der Waals surface area contributed by atoms with E-state index >= 15 is 0 Å². The molecule has 1 aromatic heterocycles. The number of rotatable bonds is 6. The highest BCUT2D eigenvalue weighted by Crippen LogP contribution is 2.26. The molecule has 2 heterocycles. The van der Waals surface area contributed by atoms with Crippen LogP contribution in [0, 0.1) is 20.8 Å². The minimum atomic E-state index is -3.48. The van der Waals surface area contributed by atoms with Crippen molar-refractivity contribution in [3.63, 3.8) is 0 Å². The summed E-state index contributed by atoms with van der Waals surface area (Å²) in [6, 6.07) is 7.87. The molecule has 6 nitrogen and oxygen atoms in total. The van der Waals surface area contributed by atoms with Crippen LogP contribution in [0.15, 0.2) is 29.2 Å². The van der Waals surface area contributed by atoms with E-state index in [0.717, 1.165) is 25.0 Å². The Bertz CT molecular complexity index is 851. The predicted octanol–water partition coefficient (Wildman–Crippen LogP) is 3.06. The molecule has 0 unspecified atom stereocenters. The Balaban J connectivity index is 1.72. The van der Waals surface area contributed by atoms with E-state index in [2.05, 4.69) is 5.10 Å². The van der Waals surface area contributed by atoms with E-state index in [1.807, 2.05) is 38.1 Å². The number of aromatic nitrogens is 2. The average molecular weight is 378 g/mol. The van der Waals surface area contributed by atoms with Crippen LogP contribution in [-0.2, 0) is 16.6 Å². The summed E-state index contributed by atoms with van der Waals surface area (Å²) < 4.78 is 35.1. The zero-order valence-corrected chi connectivity index (χ0v) is 16.6. The van der Waals surface area contributed by atoms with Crippen LogP contribution in [0.4, 0.5) is 0 Å². The molecule has 26 heavy (non-hydrogen) atoms. The third-order valence-corrected chi connectivity index (χ3v) is 6.97. The Morgan fingerprint density at radius 2 is 1.69 bits per heavy atom. The monoisotopic (exact) mass is 377 g/mol. The summed E-state index contributed by atoms with van der Waals surface area (Å²) in [4.78, 5) is 0.356. The van der Waals surface area contributed by atoms with Crippen molar-refractivity contribution >= 4 is 10.0 Å². The van der Waals surface area contributed by atoms with Crippen molar-refractivity contribution in [1.82, 2.24) is 14.1 Å². The fourth-order valence-corrected chi connectivity index (χ4v) is 5.28. The maximum absolute atomic E-state index is 13.0. The van der Waals surface area contributed by atoms with Gasteiger partial charge in [0, 0.05) is 13.1 Å². The third-order valence-electron chi connectivity index (χ3n) is 4.82. The second kappa shape index (κ2) is 7.80. The summed E-state index contributed by atoms with van der Waals surface area (Å²) in [5.41, 5.74) is 2.42. The molecule has 1 aliphatic heterocycles. The number of hydrogen-bond donors (Lipinski definition) is 0. The van der Waals surface area contributed by atoms with Gasteiger partial charge < -0.3 is 4.74 Å². The Morgan fingerprint density at radius 1 is 1.04 bits per heavy atom. The first kappa shape index (κ1) is 18.9. The molecule has 0 N–H and O–H groups in total. The highest BCUT2D eigenvalue weighted by atomic mass is 32.2. The molecule has 0 atom stereocenters. The lowest BCUT2D eigenvalue weighted by molar-refractivity contribution is 0.289. The van der Waals surface area contributed by atoms with Crippen molar-refractivity contribution in [1.29, 1.82) is 0 Å². The number of benzene rings is 1. The van der Waals surface area contributed by atoms with E-state index in [-0.39, 0.29) is 0 Å². The van der Waals surface area contributed by atoms with Crippen LogP contribution >= 0.6 is 0 Å². The van der Waals surface area contributed by atoms with Crippen molar-refractivity contribution in [3.05, 3.63) is 41.2 Å². The van der Waals surface area contributed by atoms with Crippen LogP contribution in [0.25, 0.3) is 0 Å². The van der Waals surface area contributed by atoms with E-state index in [1.165, 1.54) is 5.56 Å². The van der Waals surface area contributed by atoms with Gasteiger partial charge in [0.15, 0.2) is 0 Å². The van der Waals surface area contributed by atoms with Crippen LogP contribution in [-0.4, -0.2) is 42.2 Å². The molecule has 1 aliphatic rings. The third kappa shape index (κ3) is 3.94. The average Bonchev–Trinajstić information content (AvgIpc) is 2.92. The molecule has 0 aliphatic carbocycles. The molecule has 3 rings (SSSR count). The number of nitrogens with zero attached hydrogens (tertiary/aromatic N) is 3. The summed E-state index contributed by atoms with van der Waals surface area (Å²) in [6.45, 7) is 7.77. The first-order valence-electron chi connectivity index (χ1n) is 9.13. The molecule has 1 aromatic carbocycles. The standard InChI is InChI=1S/C19H27N3O3S/c1-15-7-9-18(10-8-15)25-14-13-22-17(3)19(16(2)20-22)26(23,24)21-11-5-4-6-12-21/h7-10H,4-6,11-14H2,1-3H3. The molecule has 0 saturated carbocycles. The van der Waals surface area contributed by atoms with Crippen molar-refractivity contribution in [3.8, 4) is 5.75 Å². The van der Waals surface area contributed by atoms with Gasteiger partial charge in [-0.15, -0.1) is 0 Å². The minimum Gasteiger partial charge on any atom is -0.492 e. The van der Waals surface area contributed by atoms with Crippen LogP contribution in [0.3, 0.4) is 0 Å². The predicted molar refractivity (Wildman–Crippen MR) is 101 cm³/mol. The van der Waals surface area contributed by atoms with Crippen molar-refractivity contribution < 1.29 is 13.2 Å². The van der Waals surface area contributed by atoms with E-state index in [9.17, 15) is 8.42 Å². The number of sulfonamides is 1. The molecule has 0 amide bonds. The lowest BCUT2D eigenvalue weighted by atomic mass is 10.2. The Labute approximate surface area is 155 Å². The molecule has 2 aromatic rings. The summed E-state index contributed by atoms with van der Waals surface area (Å²) in [5, 5.41) is 4.45. The van der Waals surface area contributed by atoms with Gasteiger partial charge in [-0.25, -0.2) is 8.42 Å². The molecule has 0 spiro atoms. The molecule has 142 valence electrons. The van der Waals surface area contributed by atoms with E-state index < -0.39 is 10.0 Å². The maximum atomic E-state index is 13.0. The fraction of sp³-hybridized carbons (Fsp3) is 0.526. The summed E-state index contributed by atoms with van der Waals surface area (Å²) in [5.74, 6) is 0.804. The Kier molecular flexibility index (Phi) is 5.67. The van der Waals surface area contributed by atoms with Crippen LogP contribution < -0.4 is 4.74 Å². The minimum absolute atomic E-state index is 0.356. The molecule has 1 fully saturated rings. The summed E-state index contributed by atoms with van der Waals surface area (Å²) in [6.07, 6.45) is 2.95. The first-order chi connectivity index (χ1) is 12.4. The lowest BCUT2D eigenvalue weighted by Crippen LogP contribution is -2.36. The van der Waals surface area contributed by atoms with Gasteiger partial charge in [0.05, 0.1) is 17.9 Å². The van der Waals surface area contributed by atoms with Crippen LogP contribution in [0.1, 0.15) is 36.2 Å². The number of hydrogen-bond acceptors (Lipinski definition) is 4. The molecular formula is C19H27N3O3S. The zero-order chi connectivity index (χ0) is 18.7. The molecule has 1 saturated heterocycles. The molecular weight excluding hydrogens is 350 g/mol. The highest BCUT2D eigenvalue weighted by molar-refractivity contribution is 7.89. The largest absolute Gasteiger partial charge is 0.492 e. The van der Waals surface area contributed by atoms with Gasteiger partial charge in [-0.3, -0.25) is 4.68 Å². The van der Waals surface area contributed by atoms with Crippen molar-refractivity contribution in [2.75, 3.05) is 19.7 Å². The quantitative estimate of drug-likeness (QED) is 0.776. The fourth-order valence-electron chi connectivity index (χ4n) is 3.39. The summed E-state index contributed by atoms with van der Waals surface area (Å²) in [7, 11) is -3.48. The normalized spacial score (nSPS) is 16.0. The van der Waals surface area contributed by atoms with Gasteiger partial charge in [-0.1, -0.05) is 24.1 Å².